The van der Waals surface area contributed by atoms with Crippen molar-refractivity contribution < 1.29 is 4.79 Å². The van der Waals surface area contributed by atoms with Gasteiger partial charge in [-0.2, -0.15) is 5.26 Å². The summed E-state index contributed by atoms with van der Waals surface area (Å²) in [7, 11) is 4.58. The molecular weight excluding hydrogens is 348 g/mol. The molecule has 1 aliphatic rings. The summed E-state index contributed by atoms with van der Waals surface area (Å²) in [6.07, 6.45) is 5.60. The first kappa shape index (κ1) is 18.9. The van der Waals surface area contributed by atoms with E-state index < -0.39 is 22.8 Å². The minimum absolute atomic E-state index is 0.198. The van der Waals surface area contributed by atoms with Crippen molar-refractivity contribution >= 4 is 17.1 Å². The van der Waals surface area contributed by atoms with Crippen LogP contribution in [0.1, 0.15) is 45.1 Å². The summed E-state index contributed by atoms with van der Waals surface area (Å²) < 4.78 is 3.77. The summed E-state index contributed by atoms with van der Waals surface area (Å²) >= 11 is 0. The number of aryl methyl sites for hydroxylation is 1. The van der Waals surface area contributed by atoms with Crippen LogP contribution in [0.2, 0.25) is 0 Å². The summed E-state index contributed by atoms with van der Waals surface area (Å²) in [5.41, 5.74) is -1.35. The van der Waals surface area contributed by atoms with Crippen LogP contribution in [-0.4, -0.2) is 42.1 Å². The van der Waals surface area contributed by atoms with E-state index in [1.165, 1.54) is 34.5 Å². The van der Waals surface area contributed by atoms with Crippen molar-refractivity contribution in [2.75, 3.05) is 7.05 Å². The van der Waals surface area contributed by atoms with Gasteiger partial charge in [0.25, 0.3) is 5.56 Å². The van der Waals surface area contributed by atoms with Crippen molar-refractivity contribution in [3.8, 4) is 6.07 Å². The maximum atomic E-state index is 13.1. The quantitative estimate of drug-likeness (QED) is 0.788. The van der Waals surface area contributed by atoms with Gasteiger partial charge < -0.3 is 9.47 Å². The van der Waals surface area contributed by atoms with Gasteiger partial charge >= 0.3 is 5.69 Å². The zero-order valence-electron chi connectivity index (χ0n) is 16.1. The predicted molar refractivity (Wildman–Crippen MR) is 99.1 cm³/mol. The zero-order chi connectivity index (χ0) is 19.9. The largest absolute Gasteiger partial charge is 0.332 e. The van der Waals surface area contributed by atoms with Crippen LogP contribution in [0.3, 0.4) is 0 Å². The minimum Gasteiger partial charge on any atom is -0.325 e. The van der Waals surface area contributed by atoms with E-state index in [0.29, 0.717) is 12.8 Å². The minimum atomic E-state index is -0.808. The maximum Gasteiger partial charge on any atom is 0.332 e. The molecule has 0 saturated heterocycles. The fraction of sp³-hybridized carbons (Fsp3) is 0.611. The number of imidazole rings is 1. The first-order chi connectivity index (χ1) is 12.7. The van der Waals surface area contributed by atoms with Gasteiger partial charge in [0, 0.05) is 21.1 Å². The molecular formula is C18H24N6O3. The van der Waals surface area contributed by atoms with Crippen LogP contribution >= 0.6 is 0 Å². The lowest BCUT2D eigenvalue weighted by Gasteiger charge is -2.40. The smallest absolute Gasteiger partial charge is 0.325 e. The van der Waals surface area contributed by atoms with Crippen molar-refractivity contribution in [3.05, 3.63) is 27.2 Å². The fourth-order valence-corrected chi connectivity index (χ4v) is 3.93. The second-order valence-electron chi connectivity index (χ2n) is 7.31. The summed E-state index contributed by atoms with van der Waals surface area (Å²) in [6, 6.07) is 1.62. The van der Waals surface area contributed by atoms with Crippen LogP contribution in [0, 0.1) is 11.3 Å². The lowest BCUT2D eigenvalue weighted by Crippen LogP contribution is -2.51. The molecule has 9 heteroatoms. The standard InChI is InChI=1S/C18H24N6O3/c1-12(15(25)23(4)18(10-19)8-6-5-7-9-18)24-11-20-14-13(24)16(26)22(3)17(27)21(14)2/h11-12H,5-9H2,1-4H3/t12-/m1/s1. The van der Waals surface area contributed by atoms with Crippen molar-refractivity contribution in [2.45, 2.75) is 50.6 Å². The number of fused-ring (bicyclic) bond motifs is 1. The van der Waals surface area contributed by atoms with E-state index in [4.69, 9.17) is 0 Å². The first-order valence-electron chi connectivity index (χ1n) is 9.06. The highest BCUT2D eigenvalue weighted by atomic mass is 16.2. The Labute approximate surface area is 156 Å². The Morgan fingerprint density at radius 3 is 2.48 bits per heavy atom. The first-order valence-corrected chi connectivity index (χ1v) is 9.06. The van der Waals surface area contributed by atoms with Crippen molar-refractivity contribution in [3.63, 3.8) is 0 Å². The van der Waals surface area contributed by atoms with Gasteiger partial charge in [0.15, 0.2) is 11.2 Å². The van der Waals surface area contributed by atoms with E-state index >= 15 is 0 Å². The van der Waals surface area contributed by atoms with E-state index in [1.54, 1.807) is 14.0 Å². The van der Waals surface area contributed by atoms with Gasteiger partial charge in [0.2, 0.25) is 5.91 Å². The number of nitrogens with zero attached hydrogens (tertiary/aromatic N) is 6. The van der Waals surface area contributed by atoms with Crippen LogP contribution in [0.5, 0.6) is 0 Å². The van der Waals surface area contributed by atoms with Gasteiger partial charge in [0.1, 0.15) is 11.6 Å². The molecule has 0 unspecified atom stereocenters. The number of aromatic nitrogens is 4. The average molecular weight is 372 g/mol. The second-order valence-corrected chi connectivity index (χ2v) is 7.31. The monoisotopic (exact) mass is 372 g/mol. The molecule has 3 rings (SSSR count). The molecule has 1 saturated carbocycles. The lowest BCUT2D eigenvalue weighted by atomic mass is 9.81. The molecule has 0 aromatic carbocycles. The van der Waals surface area contributed by atoms with E-state index in [2.05, 4.69) is 11.1 Å². The fourth-order valence-electron chi connectivity index (χ4n) is 3.93. The van der Waals surface area contributed by atoms with Crippen LogP contribution in [0.25, 0.3) is 11.2 Å². The normalized spacial score (nSPS) is 17.4. The number of carbonyl (C=O) groups is 1. The van der Waals surface area contributed by atoms with E-state index in [-0.39, 0.29) is 17.1 Å². The zero-order valence-corrected chi connectivity index (χ0v) is 16.1. The summed E-state index contributed by atoms with van der Waals surface area (Å²) in [6.45, 7) is 1.68. The number of hydrogen-bond donors (Lipinski definition) is 0. The molecule has 144 valence electrons. The highest BCUT2D eigenvalue weighted by Gasteiger charge is 2.40. The van der Waals surface area contributed by atoms with Crippen molar-refractivity contribution in [1.82, 2.24) is 23.6 Å². The topological polar surface area (TPSA) is 106 Å². The molecule has 0 aliphatic heterocycles. The predicted octanol–water partition coefficient (Wildman–Crippen LogP) is 0.680. The molecule has 2 aromatic rings. The Balaban J connectivity index is 2.05. The highest BCUT2D eigenvalue weighted by molar-refractivity contribution is 5.83. The van der Waals surface area contributed by atoms with Gasteiger partial charge in [0.05, 0.1) is 12.4 Å². The molecule has 2 heterocycles. The highest BCUT2D eigenvalue weighted by Crippen LogP contribution is 2.33. The third kappa shape index (κ3) is 2.76. The number of likely N-dealkylation sites (N-methyl/N-ethyl adjacent to an activating group) is 1. The maximum absolute atomic E-state index is 13.1. The number of carbonyl (C=O) groups excluding carboxylic acids is 1. The molecule has 0 N–H and O–H groups in total. The van der Waals surface area contributed by atoms with Crippen molar-refractivity contribution in [1.29, 1.82) is 5.26 Å². The van der Waals surface area contributed by atoms with Crippen molar-refractivity contribution in [2.24, 2.45) is 14.1 Å². The molecule has 1 aliphatic carbocycles. The van der Waals surface area contributed by atoms with E-state index in [0.717, 1.165) is 23.8 Å². The molecule has 1 fully saturated rings. The molecule has 0 radical (unpaired) electrons. The Morgan fingerprint density at radius 1 is 1.26 bits per heavy atom. The molecule has 0 bridgehead atoms. The van der Waals surface area contributed by atoms with Gasteiger partial charge in [-0.05, 0) is 19.8 Å². The molecule has 1 amide bonds. The van der Waals surface area contributed by atoms with E-state index in [9.17, 15) is 19.6 Å². The second kappa shape index (κ2) is 6.68. The van der Waals surface area contributed by atoms with Gasteiger partial charge in [-0.25, -0.2) is 9.78 Å². The summed E-state index contributed by atoms with van der Waals surface area (Å²) in [5, 5.41) is 9.74. The SMILES string of the molecule is C[C@H](C(=O)N(C)C1(C#N)CCCCC1)n1cnc2c1c(=O)n(C)c(=O)n2C. The van der Waals surface area contributed by atoms with Gasteiger partial charge in [-0.1, -0.05) is 19.3 Å². The number of amides is 1. The molecule has 27 heavy (non-hydrogen) atoms. The number of hydrogen-bond acceptors (Lipinski definition) is 5. The molecule has 1 atom stereocenters. The van der Waals surface area contributed by atoms with E-state index in [1.807, 2.05) is 0 Å². The van der Waals surface area contributed by atoms with Crippen LogP contribution in [0.15, 0.2) is 15.9 Å². The van der Waals surface area contributed by atoms with Crippen LogP contribution < -0.4 is 11.2 Å². The molecule has 0 spiro atoms. The Bertz CT molecular complexity index is 1050. The Kier molecular flexibility index (Phi) is 4.68. The third-order valence-corrected chi connectivity index (χ3v) is 5.81. The van der Waals surface area contributed by atoms with Gasteiger partial charge in [-0.3, -0.25) is 18.7 Å². The number of nitriles is 1. The van der Waals surface area contributed by atoms with Crippen LogP contribution in [0.4, 0.5) is 0 Å². The van der Waals surface area contributed by atoms with Gasteiger partial charge in [-0.15, -0.1) is 0 Å². The molecule has 2 aromatic heterocycles. The summed E-state index contributed by atoms with van der Waals surface area (Å²) in [5.74, 6) is -0.256. The lowest BCUT2D eigenvalue weighted by molar-refractivity contribution is -0.137. The average Bonchev–Trinajstić information content (AvgIpc) is 3.14. The number of rotatable bonds is 3. The third-order valence-electron chi connectivity index (χ3n) is 5.81. The van der Waals surface area contributed by atoms with Crippen LogP contribution in [-0.2, 0) is 18.9 Å². The Morgan fingerprint density at radius 2 is 1.89 bits per heavy atom. The summed E-state index contributed by atoms with van der Waals surface area (Å²) in [4.78, 5) is 43.5. The Hall–Kier alpha value is -2.89. The molecule has 9 nitrogen and oxygen atoms in total.